The number of carbonyl (C=O) groups is 1. The third-order valence-corrected chi connectivity index (χ3v) is 2.65. The maximum atomic E-state index is 11.1. The molecule has 0 spiro atoms. The van der Waals surface area contributed by atoms with Crippen LogP contribution in [0.25, 0.3) is 0 Å². The summed E-state index contributed by atoms with van der Waals surface area (Å²) in [5.41, 5.74) is 0. The van der Waals surface area contributed by atoms with Crippen molar-refractivity contribution in [3.8, 4) is 0 Å². The first kappa shape index (κ1) is 8.85. The van der Waals surface area contributed by atoms with E-state index in [0.29, 0.717) is 6.04 Å². The van der Waals surface area contributed by atoms with Gasteiger partial charge in [0.1, 0.15) is 5.88 Å². The number of carbonyl (C=O) groups excluding carboxylic acids is 1. The minimum atomic E-state index is 0.0334. The summed E-state index contributed by atoms with van der Waals surface area (Å²) in [5.74, 6) is 0.867. The van der Waals surface area contributed by atoms with Crippen LogP contribution in [0.1, 0.15) is 19.8 Å². The van der Waals surface area contributed by atoms with Crippen molar-refractivity contribution in [2.45, 2.75) is 25.8 Å². The number of hydrogen-bond acceptors (Lipinski definition) is 1. The molecule has 0 aromatic heterocycles. The van der Waals surface area contributed by atoms with E-state index in [1.54, 1.807) is 4.90 Å². The van der Waals surface area contributed by atoms with Crippen molar-refractivity contribution in [2.75, 3.05) is 12.9 Å². The van der Waals surface area contributed by atoms with Gasteiger partial charge in [0, 0.05) is 13.1 Å². The molecule has 1 aliphatic carbocycles. The van der Waals surface area contributed by atoms with Crippen LogP contribution >= 0.6 is 11.6 Å². The summed E-state index contributed by atoms with van der Waals surface area (Å²) in [6.07, 6.45) is 2.53. The molecule has 64 valence electrons. The van der Waals surface area contributed by atoms with Crippen LogP contribution in [-0.2, 0) is 4.79 Å². The van der Waals surface area contributed by atoms with Crippen LogP contribution in [-0.4, -0.2) is 29.8 Å². The van der Waals surface area contributed by atoms with E-state index < -0.39 is 0 Å². The SMILES string of the molecule is CC(C1CC1)N(C)C(=O)CCl. The fourth-order valence-corrected chi connectivity index (χ4v) is 1.40. The fraction of sp³-hybridized carbons (Fsp3) is 0.875. The zero-order valence-corrected chi connectivity index (χ0v) is 7.77. The average molecular weight is 176 g/mol. The molecule has 11 heavy (non-hydrogen) atoms. The van der Waals surface area contributed by atoms with Crippen molar-refractivity contribution < 1.29 is 4.79 Å². The van der Waals surface area contributed by atoms with Crippen molar-refractivity contribution >= 4 is 17.5 Å². The molecular formula is C8H14ClNO. The number of nitrogens with zero attached hydrogens (tertiary/aromatic N) is 1. The Balaban J connectivity index is 2.38. The Hall–Kier alpha value is -0.240. The van der Waals surface area contributed by atoms with Gasteiger partial charge in [-0.1, -0.05) is 0 Å². The van der Waals surface area contributed by atoms with Crippen molar-refractivity contribution in [2.24, 2.45) is 5.92 Å². The topological polar surface area (TPSA) is 20.3 Å². The molecular weight excluding hydrogens is 162 g/mol. The lowest BCUT2D eigenvalue weighted by molar-refractivity contribution is -0.129. The van der Waals surface area contributed by atoms with Crippen LogP contribution in [0.3, 0.4) is 0 Å². The van der Waals surface area contributed by atoms with E-state index in [2.05, 4.69) is 6.92 Å². The normalized spacial score (nSPS) is 19.5. The molecule has 3 heteroatoms. The smallest absolute Gasteiger partial charge is 0.237 e. The van der Waals surface area contributed by atoms with Crippen molar-refractivity contribution in [3.63, 3.8) is 0 Å². The quantitative estimate of drug-likeness (QED) is 0.596. The second kappa shape index (κ2) is 3.44. The highest BCUT2D eigenvalue weighted by molar-refractivity contribution is 6.27. The second-order valence-electron chi connectivity index (χ2n) is 3.22. The summed E-state index contributed by atoms with van der Waals surface area (Å²) in [4.78, 5) is 12.8. The highest BCUT2D eigenvalue weighted by atomic mass is 35.5. The Morgan fingerprint density at radius 2 is 2.27 bits per heavy atom. The van der Waals surface area contributed by atoms with Crippen molar-refractivity contribution in [3.05, 3.63) is 0 Å². The molecule has 1 rings (SSSR count). The van der Waals surface area contributed by atoms with Gasteiger partial charge >= 0.3 is 0 Å². The van der Waals surface area contributed by atoms with Gasteiger partial charge in [-0.05, 0) is 25.7 Å². The Labute approximate surface area is 72.5 Å². The standard InChI is InChI=1S/C8H14ClNO/c1-6(7-3-4-7)10(2)8(11)5-9/h6-7H,3-5H2,1-2H3. The Morgan fingerprint density at radius 1 is 1.73 bits per heavy atom. The first-order valence-corrected chi connectivity index (χ1v) is 4.52. The van der Waals surface area contributed by atoms with Crippen LogP contribution in [0.5, 0.6) is 0 Å². The second-order valence-corrected chi connectivity index (χ2v) is 3.48. The van der Waals surface area contributed by atoms with Crippen molar-refractivity contribution in [1.82, 2.24) is 4.90 Å². The number of hydrogen-bond donors (Lipinski definition) is 0. The molecule has 0 aliphatic heterocycles. The molecule has 0 aromatic rings. The number of amides is 1. The number of rotatable bonds is 3. The van der Waals surface area contributed by atoms with E-state index >= 15 is 0 Å². The van der Waals surface area contributed by atoms with Crippen LogP contribution in [0.2, 0.25) is 0 Å². The molecule has 0 radical (unpaired) electrons. The van der Waals surface area contributed by atoms with Gasteiger partial charge in [0.2, 0.25) is 5.91 Å². The van der Waals surface area contributed by atoms with Gasteiger partial charge < -0.3 is 4.90 Å². The average Bonchev–Trinajstić information content (AvgIpc) is 2.82. The molecule has 1 unspecified atom stereocenters. The highest BCUT2D eigenvalue weighted by Gasteiger charge is 2.31. The van der Waals surface area contributed by atoms with Crippen molar-refractivity contribution in [1.29, 1.82) is 0 Å². The molecule has 2 nitrogen and oxygen atoms in total. The summed E-state index contributed by atoms with van der Waals surface area (Å²) in [5, 5.41) is 0. The lowest BCUT2D eigenvalue weighted by atomic mass is 10.2. The van der Waals surface area contributed by atoms with Gasteiger partial charge in [-0.25, -0.2) is 0 Å². The van der Waals surface area contributed by atoms with E-state index in [0.717, 1.165) is 5.92 Å². The zero-order chi connectivity index (χ0) is 8.43. The van der Waals surface area contributed by atoms with E-state index in [9.17, 15) is 4.79 Å². The number of halogens is 1. The first-order valence-electron chi connectivity index (χ1n) is 3.98. The molecule has 0 bridgehead atoms. The molecule has 1 fully saturated rings. The summed E-state index contributed by atoms with van der Waals surface area (Å²) >= 11 is 5.42. The monoisotopic (exact) mass is 175 g/mol. The molecule has 0 heterocycles. The lowest BCUT2D eigenvalue weighted by Gasteiger charge is -2.23. The van der Waals surface area contributed by atoms with E-state index in [1.165, 1.54) is 12.8 Å². The van der Waals surface area contributed by atoms with Gasteiger partial charge in [-0.15, -0.1) is 11.6 Å². The van der Waals surface area contributed by atoms with E-state index in [4.69, 9.17) is 11.6 Å². The predicted molar refractivity (Wildman–Crippen MR) is 45.7 cm³/mol. The van der Waals surface area contributed by atoms with Crippen LogP contribution < -0.4 is 0 Å². The maximum Gasteiger partial charge on any atom is 0.237 e. The number of alkyl halides is 1. The van der Waals surface area contributed by atoms with Gasteiger partial charge in [0.05, 0.1) is 0 Å². The summed E-state index contributed by atoms with van der Waals surface area (Å²) in [7, 11) is 1.83. The third kappa shape index (κ3) is 2.09. The first-order chi connectivity index (χ1) is 5.16. The Morgan fingerprint density at radius 3 is 2.64 bits per heavy atom. The van der Waals surface area contributed by atoms with Gasteiger partial charge in [0.15, 0.2) is 0 Å². The van der Waals surface area contributed by atoms with E-state index in [1.807, 2.05) is 7.05 Å². The zero-order valence-electron chi connectivity index (χ0n) is 7.01. The maximum absolute atomic E-state index is 11.1. The van der Waals surface area contributed by atoms with E-state index in [-0.39, 0.29) is 11.8 Å². The van der Waals surface area contributed by atoms with Crippen LogP contribution in [0.15, 0.2) is 0 Å². The highest BCUT2D eigenvalue weighted by Crippen LogP contribution is 2.34. The largest absolute Gasteiger partial charge is 0.342 e. The summed E-state index contributed by atoms with van der Waals surface area (Å²) < 4.78 is 0. The minimum Gasteiger partial charge on any atom is -0.342 e. The van der Waals surface area contributed by atoms with Gasteiger partial charge in [-0.3, -0.25) is 4.79 Å². The van der Waals surface area contributed by atoms with Crippen LogP contribution in [0, 0.1) is 5.92 Å². The summed E-state index contributed by atoms with van der Waals surface area (Å²) in [6.45, 7) is 2.09. The van der Waals surface area contributed by atoms with Gasteiger partial charge in [-0.2, -0.15) is 0 Å². The molecule has 0 N–H and O–H groups in total. The summed E-state index contributed by atoms with van der Waals surface area (Å²) in [6, 6.07) is 0.376. The minimum absolute atomic E-state index is 0.0334. The fourth-order valence-electron chi connectivity index (χ4n) is 1.22. The molecule has 1 amide bonds. The lowest BCUT2D eigenvalue weighted by Crippen LogP contribution is -2.37. The Bertz CT molecular complexity index is 156. The third-order valence-electron chi connectivity index (χ3n) is 2.42. The Kier molecular flexibility index (Phi) is 2.77. The molecule has 1 atom stereocenters. The van der Waals surface area contributed by atoms with Crippen LogP contribution in [0.4, 0.5) is 0 Å². The molecule has 1 aliphatic rings. The predicted octanol–water partition coefficient (Wildman–Crippen LogP) is 1.48. The molecule has 1 saturated carbocycles. The molecule has 0 saturated heterocycles. The van der Waals surface area contributed by atoms with Gasteiger partial charge in [0.25, 0.3) is 0 Å². The molecule has 0 aromatic carbocycles.